The summed E-state index contributed by atoms with van der Waals surface area (Å²) in [4.78, 5) is 28.0. The van der Waals surface area contributed by atoms with Crippen LogP contribution in [0.1, 0.15) is 35.0 Å². The number of anilines is 1. The number of para-hydroxylation sites is 1. The molecule has 4 rings (SSSR count). The van der Waals surface area contributed by atoms with Crippen molar-refractivity contribution in [2.45, 2.75) is 32.7 Å². The second kappa shape index (κ2) is 6.34. The number of Topliss-reactive ketones (excluding diaryl/α,β-unsaturated/α-hetero) is 1. The van der Waals surface area contributed by atoms with Crippen LogP contribution in [-0.4, -0.2) is 22.3 Å². The molecule has 1 atom stereocenters. The molecule has 3 aromatic rings. The quantitative estimate of drug-likeness (QED) is 0.506. The van der Waals surface area contributed by atoms with Gasteiger partial charge in [0.1, 0.15) is 5.82 Å². The summed E-state index contributed by atoms with van der Waals surface area (Å²) in [6.07, 6.45) is 1.39. The number of carbonyl (C=O) groups is 2. The van der Waals surface area contributed by atoms with Gasteiger partial charge < -0.3 is 9.47 Å². The topological polar surface area (TPSA) is 42.3 Å². The molecule has 4 nitrogen and oxygen atoms in total. The van der Waals surface area contributed by atoms with Crippen LogP contribution in [-0.2, 0) is 18.3 Å². The molecule has 0 unspecified atom stereocenters. The molecule has 0 fully saturated rings. The fourth-order valence-electron chi connectivity index (χ4n) is 4.05. The number of hydrogen-bond donors (Lipinski definition) is 0. The lowest BCUT2D eigenvalue weighted by Gasteiger charge is -2.34. The highest BCUT2D eigenvalue weighted by molar-refractivity contribution is 6.49. The SMILES string of the molecule is Cc1c(C(=O)C(=O)N2c3ccc(F)cc3CC[C@H]2C)c2ccccc2n1C. The smallest absolute Gasteiger partial charge is 0.299 e. The number of aromatic nitrogens is 1. The van der Waals surface area contributed by atoms with Crippen LogP contribution in [0, 0.1) is 12.7 Å². The van der Waals surface area contributed by atoms with Gasteiger partial charge in [0.15, 0.2) is 0 Å². The Bertz CT molecular complexity index is 1080. The maximum absolute atomic E-state index is 13.6. The Morgan fingerprint density at radius 2 is 1.89 bits per heavy atom. The van der Waals surface area contributed by atoms with Crippen LogP contribution in [0.5, 0.6) is 0 Å². The third kappa shape index (κ3) is 2.65. The summed E-state index contributed by atoms with van der Waals surface area (Å²) >= 11 is 0. The molecule has 2 heterocycles. The van der Waals surface area contributed by atoms with Crippen molar-refractivity contribution in [2.24, 2.45) is 7.05 Å². The number of halogens is 1. The van der Waals surface area contributed by atoms with E-state index in [9.17, 15) is 14.0 Å². The van der Waals surface area contributed by atoms with Gasteiger partial charge in [-0.1, -0.05) is 18.2 Å². The Labute approximate surface area is 157 Å². The van der Waals surface area contributed by atoms with Gasteiger partial charge in [-0.3, -0.25) is 9.59 Å². The number of nitrogens with zero attached hydrogens (tertiary/aromatic N) is 2. The van der Waals surface area contributed by atoms with Crippen LogP contribution < -0.4 is 4.90 Å². The Morgan fingerprint density at radius 1 is 1.15 bits per heavy atom. The lowest BCUT2D eigenvalue weighted by Crippen LogP contribution is -2.45. The molecule has 1 aliphatic rings. The molecule has 0 aliphatic carbocycles. The minimum atomic E-state index is -0.561. The molecule has 138 valence electrons. The van der Waals surface area contributed by atoms with E-state index >= 15 is 0 Å². The highest BCUT2D eigenvalue weighted by Gasteiger charge is 2.34. The molecule has 2 aromatic carbocycles. The van der Waals surface area contributed by atoms with Gasteiger partial charge in [0, 0.05) is 35.4 Å². The zero-order chi connectivity index (χ0) is 19.3. The molecule has 0 saturated carbocycles. The van der Waals surface area contributed by atoms with Crippen LogP contribution >= 0.6 is 0 Å². The van der Waals surface area contributed by atoms with Crippen LogP contribution in [0.4, 0.5) is 10.1 Å². The fraction of sp³-hybridized carbons (Fsp3) is 0.273. The number of fused-ring (bicyclic) bond motifs is 2. The van der Waals surface area contributed by atoms with Crippen molar-refractivity contribution in [3.63, 3.8) is 0 Å². The molecule has 0 N–H and O–H groups in total. The molecule has 0 bridgehead atoms. The normalized spacial score (nSPS) is 16.4. The summed E-state index contributed by atoms with van der Waals surface area (Å²) in [5, 5.41) is 0.778. The number of ketones is 1. The Kier molecular flexibility index (Phi) is 4.10. The molecule has 1 amide bonds. The largest absolute Gasteiger partial charge is 0.347 e. The molecular weight excluding hydrogens is 343 g/mol. The minimum Gasteiger partial charge on any atom is -0.347 e. The highest BCUT2D eigenvalue weighted by atomic mass is 19.1. The number of amides is 1. The number of aryl methyl sites for hydroxylation is 2. The lowest BCUT2D eigenvalue weighted by molar-refractivity contribution is -0.115. The molecule has 0 spiro atoms. The molecule has 1 aromatic heterocycles. The van der Waals surface area contributed by atoms with Gasteiger partial charge in [-0.25, -0.2) is 4.39 Å². The second-order valence-electron chi connectivity index (χ2n) is 7.20. The zero-order valence-corrected chi connectivity index (χ0v) is 15.6. The Morgan fingerprint density at radius 3 is 2.67 bits per heavy atom. The van der Waals surface area contributed by atoms with E-state index in [0.29, 0.717) is 24.1 Å². The molecule has 0 saturated heterocycles. The van der Waals surface area contributed by atoms with Crippen molar-refractivity contribution in [1.82, 2.24) is 4.57 Å². The minimum absolute atomic E-state index is 0.116. The fourth-order valence-corrected chi connectivity index (χ4v) is 4.05. The number of benzene rings is 2. The van der Waals surface area contributed by atoms with E-state index in [4.69, 9.17) is 0 Å². The van der Waals surface area contributed by atoms with Gasteiger partial charge in [-0.05, 0) is 56.5 Å². The third-order valence-corrected chi connectivity index (χ3v) is 5.61. The average molecular weight is 364 g/mol. The predicted molar refractivity (Wildman–Crippen MR) is 104 cm³/mol. The molecular formula is C22H21FN2O2. The van der Waals surface area contributed by atoms with Crippen molar-refractivity contribution < 1.29 is 14.0 Å². The van der Waals surface area contributed by atoms with Crippen LogP contribution in [0.25, 0.3) is 10.9 Å². The zero-order valence-electron chi connectivity index (χ0n) is 15.6. The first-order valence-electron chi connectivity index (χ1n) is 9.10. The molecule has 0 radical (unpaired) electrons. The maximum Gasteiger partial charge on any atom is 0.299 e. The van der Waals surface area contributed by atoms with Gasteiger partial charge in [0.05, 0.1) is 5.56 Å². The van der Waals surface area contributed by atoms with Crippen LogP contribution in [0.2, 0.25) is 0 Å². The van der Waals surface area contributed by atoms with Crippen LogP contribution in [0.15, 0.2) is 42.5 Å². The standard InChI is InChI=1S/C22H21FN2O2/c1-13-8-9-15-12-16(23)10-11-18(15)25(13)22(27)21(26)20-14(2)24(3)19-7-5-4-6-17(19)20/h4-7,10-13H,8-9H2,1-3H3/t13-/m1/s1. The summed E-state index contributed by atoms with van der Waals surface area (Å²) in [5.41, 5.74) is 3.52. The van der Waals surface area contributed by atoms with Crippen molar-refractivity contribution in [1.29, 1.82) is 0 Å². The van der Waals surface area contributed by atoms with E-state index in [1.807, 2.05) is 49.7 Å². The summed E-state index contributed by atoms with van der Waals surface area (Å²) in [6, 6.07) is 11.9. The van der Waals surface area contributed by atoms with Gasteiger partial charge in [0.2, 0.25) is 0 Å². The van der Waals surface area contributed by atoms with Gasteiger partial charge in [-0.2, -0.15) is 0 Å². The van der Waals surface area contributed by atoms with Crippen molar-refractivity contribution in [2.75, 3.05) is 4.90 Å². The van der Waals surface area contributed by atoms with E-state index in [0.717, 1.165) is 22.2 Å². The first-order chi connectivity index (χ1) is 12.9. The monoisotopic (exact) mass is 364 g/mol. The number of hydrogen-bond acceptors (Lipinski definition) is 2. The molecule has 1 aliphatic heterocycles. The Balaban J connectivity index is 1.81. The van der Waals surface area contributed by atoms with Gasteiger partial charge in [0.25, 0.3) is 11.7 Å². The number of carbonyl (C=O) groups excluding carboxylic acids is 2. The first-order valence-corrected chi connectivity index (χ1v) is 9.10. The third-order valence-electron chi connectivity index (χ3n) is 5.61. The van der Waals surface area contributed by atoms with E-state index in [1.165, 1.54) is 17.0 Å². The van der Waals surface area contributed by atoms with E-state index in [-0.39, 0.29) is 11.9 Å². The van der Waals surface area contributed by atoms with E-state index in [2.05, 4.69) is 0 Å². The predicted octanol–water partition coefficient (Wildman–Crippen LogP) is 4.18. The second-order valence-corrected chi connectivity index (χ2v) is 7.20. The van der Waals surface area contributed by atoms with Crippen molar-refractivity contribution >= 4 is 28.3 Å². The summed E-state index contributed by atoms with van der Waals surface area (Å²) in [7, 11) is 1.89. The first kappa shape index (κ1) is 17.5. The highest BCUT2D eigenvalue weighted by Crippen LogP contribution is 2.33. The van der Waals surface area contributed by atoms with Gasteiger partial charge in [-0.15, -0.1) is 0 Å². The number of rotatable bonds is 2. The van der Waals surface area contributed by atoms with Crippen molar-refractivity contribution in [3.05, 3.63) is 65.1 Å². The summed E-state index contributed by atoms with van der Waals surface area (Å²) < 4.78 is 15.5. The summed E-state index contributed by atoms with van der Waals surface area (Å²) in [6.45, 7) is 3.77. The van der Waals surface area contributed by atoms with E-state index < -0.39 is 11.7 Å². The van der Waals surface area contributed by atoms with Gasteiger partial charge >= 0.3 is 0 Å². The maximum atomic E-state index is 13.6. The Hall–Kier alpha value is -2.95. The molecule has 5 heteroatoms. The summed E-state index contributed by atoms with van der Waals surface area (Å²) in [5.74, 6) is -1.41. The average Bonchev–Trinajstić information content (AvgIpc) is 2.92. The van der Waals surface area contributed by atoms with E-state index in [1.54, 1.807) is 6.07 Å². The van der Waals surface area contributed by atoms with Crippen LogP contribution in [0.3, 0.4) is 0 Å². The van der Waals surface area contributed by atoms with Crippen molar-refractivity contribution in [3.8, 4) is 0 Å². The lowest BCUT2D eigenvalue weighted by atomic mass is 9.95. The molecule has 27 heavy (non-hydrogen) atoms.